The lowest BCUT2D eigenvalue weighted by molar-refractivity contribution is 0.227. The van der Waals surface area contributed by atoms with Crippen LogP contribution in [0.3, 0.4) is 0 Å². The molecular weight excluding hydrogens is 416 g/mol. The van der Waals surface area contributed by atoms with Crippen molar-refractivity contribution in [2.24, 2.45) is 0 Å². The number of nitriles is 1. The van der Waals surface area contributed by atoms with Gasteiger partial charge in [-0.05, 0) is 57.5 Å². The summed E-state index contributed by atoms with van der Waals surface area (Å²) in [6, 6.07) is 9.02. The van der Waals surface area contributed by atoms with E-state index < -0.39 is 16.3 Å². The molecule has 0 fully saturated rings. The van der Waals surface area contributed by atoms with E-state index in [4.69, 9.17) is 5.26 Å². The average molecular weight is 443 g/mol. The lowest BCUT2D eigenvalue weighted by Gasteiger charge is -2.44. The minimum Gasteiger partial charge on any atom is -0.338 e. The molecule has 2 aromatic heterocycles. The highest BCUT2D eigenvalue weighted by Gasteiger charge is 2.41. The summed E-state index contributed by atoms with van der Waals surface area (Å²) in [6.07, 6.45) is 1.83. The third-order valence-electron chi connectivity index (χ3n) is 5.42. The molecule has 1 aliphatic heterocycles. The number of rotatable bonds is 4. The van der Waals surface area contributed by atoms with Crippen molar-refractivity contribution in [2.45, 2.75) is 57.1 Å². The fourth-order valence-corrected chi connectivity index (χ4v) is 5.95. The summed E-state index contributed by atoms with van der Waals surface area (Å²) in [6.45, 7) is 8.12. The van der Waals surface area contributed by atoms with Crippen molar-refractivity contribution < 1.29 is 9.11 Å². The van der Waals surface area contributed by atoms with E-state index in [1.54, 1.807) is 33.4 Å². The first-order chi connectivity index (χ1) is 14.5. The molecule has 0 amide bonds. The van der Waals surface area contributed by atoms with Gasteiger partial charge < -0.3 is 10.3 Å². The van der Waals surface area contributed by atoms with Crippen LogP contribution in [0.4, 0.5) is 11.5 Å². The first kappa shape index (κ1) is 21.4. The number of aromatic nitrogens is 3. The van der Waals surface area contributed by atoms with E-state index in [1.165, 1.54) is 0 Å². The molecule has 0 radical (unpaired) electrons. The number of fused-ring (bicyclic) bond motifs is 2. The Morgan fingerprint density at radius 2 is 2.10 bits per heavy atom. The van der Waals surface area contributed by atoms with Crippen molar-refractivity contribution in [3.63, 3.8) is 0 Å². The van der Waals surface area contributed by atoms with Gasteiger partial charge in [-0.1, -0.05) is 0 Å². The second-order valence-corrected chi connectivity index (χ2v) is 10.7. The van der Waals surface area contributed by atoms with Crippen LogP contribution in [-0.4, -0.2) is 33.7 Å². The predicted molar refractivity (Wildman–Crippen MR) is 121 cm³/mol. The fraction of sp³-hybridized carbons (Fsp3) is 0.381. The number of nitrogens with zero attached hydrogens (tertiary/aromatic N) is 4. The second-order valence-electron chi connectivity index (χ2n) is 8.75. The van der Waals surface area contributed by atoms with Gasteiger partial charge in [-0.15, -0.1) is 10.8 Å². The lowest BCUT2D eigenvalue weighted by atomic mass is 10.1. The van der Waals surface area contributed by atoms with Gasteiger partial charge in [0.25, 0.3) is 5.56 Å². The van der Waals surface area contributed by atoms with Crippen LogP contribution in [-0.2, 0) is 6.54 Å². The van der Waals surface area contributed by atoms with Crippen molar-refractivity contribution in [2.75, 3.05) is 5.32 Å². The number of hydrogen-bond donors (Lipinski definition) is 4. The van der Waals surface area contributed by atoms with Crippen LogP contribution in [0.5, 0.6) is 0 Å². The zero-order valence-electron chi connectivity index (χ0n) is 17.9. The van der Waals surface area contributed by atoms with Gasteiger partial charge in [-0.25, -0.2) is 0 Å². The summed E-state index contributed by atoms with van der Waals surface area (Å²) in [4.78, 5) is 15.7. The molecule has 31 heavy (non-hydrogen) atoms. The summed E-state index contributed by atoms with van der Waals surface area (Å²) >= 11 is 0. The van der Waals surface area contributed by atoms with E-state index in [9.17, 15) is 13.9 Å². The number of benzene rings is 1. The molecular formula is C21H26N6O3S. The van der Waals surface area contributed by atoms with E-state index >= 15 is 0 Å². The van der Waals surface area contributed by atoms with Gasteiger partial charge in [0.05, 0.1) is 28.9 Å². The summed E-state index contributed by atoms with van der Waals surface area (Å²) in [5.41, 5.74) is 1.46. The summed E-state index contributed by atoms with van der Waals surface area (Å²) < 4.78 is 24.9. The molecule has 164 valence electrons. The minimum absolute atomic E-state index is 0.196. The van der Waals surface area contributed by atoms with Crippen LogP contribution in [0.1, 0.15) is 45.7 Å². The highest BCUT2D eigenvalue weighted by Crippen LogP contribution is 2.61. The third-order valence-corrected chi connectivity index (χ3v) is 7.70. The minimum atomic E-state index is -3.05. The van der Waals surface area contributed by atoms with Gasteiger partial charge in [0.15, 0.2) is 5.82 Å². The third kappa shape index (κ3) is 3.59. The molecule has 1 atom stereocenters. The van der Waals surface area contributed by atoms with E-state index in [0.29, 0.717) is 33.8 Å². The van der Waals surface area contributed by atoms with E-state index in [-0.39, 0.29) is 18.0 Å². The van der Waals surface area contributed by atoms with Gasteiger partial charge in [0.1, 0.15) is 5.39 Å². The SMILES string of the molecule is C[C@H](CC#N)n1nc(Nc2ccc3c(c2)CN(C(C)(C)C)S3(O)O)c2c(=O)[nH]ccc21. The van der Waals surface area contributed by atoms with Crippen LogP contribution in [0.2, 0.25) is 0 Å². The maximum absolute atomic E-state index is 12.5. The molecule has 0 saturated carbocycles. The first-order valence-corrected chi connectivity index (χ1v) is 11.5. The van der Waals surface area contributed by atoms with Crippen molar-refractivity contribution >= 4 is 33.2 Å². The van der Waals surface area contributed by atoms with Gasteiger partial charge >= 0.3 is 0 Å². The molecule has 0 unspecified atom stereocenters. The van der Waals surface area contributed by atoms with Crippen LogP contribution in [0.15, 0.2) is 40.2 Å². The number of nitrogens with one attached hydrogen (secondary N) is 2. The van der Waals surface area contributed by atoms with Gasteiger partial charge in [0, 0.05) is 24.0 Å². The predicted octanol–water partition coefficient (Wildman–Crippen LogP) is 4.58. The zero-order valence-corrected chi connectivity index (χ0v) is 18.7. The Morgan fingerprint density at radius 1 is 1.35 bits per heavy atom. The quantitative estimate of drug-likeness (QED) is 0.465. The Bertz CT molecular complexity index is 1250. The van der Waals surface area contributed by atoms with E-state index in [0.717, 1.165) is 5.56 Å². The maximum atomic E-state index is 12.5. The lowest BCUT2D eigenvalue weighted by Crippen LogP contribution is -2.39. The second kappa shape index (κ2) is 7.39. The molecule has 0 saturated heterocycles. The van der Waals surface area contributed by atoms with Gasteiger partial charge in [0.2, 0.25) is 0 Å². The fourth-order valence-electron chi connectivity index (χ4n) is 3.91. The Morgan fingerprint density at radius 3 is 2.77 bits per heavy atom. The van der Waals surface area contributed by atoms with E-state index in [1.807, 2.05) is 33.8 Å². The summed E-state index contributed by atoms with van der Waals surface area (Å²) in [5, 5.41) is 17.2. The molecule has 0 spiro atoms. The van der Waals surface area contributed by atoms with Gasteiger partial charge in [-0.3, -0.25) is 18.6 Å². The van der Waals surface area contributed by atoms with Gasteiger partial charge in [-0.2, -0.15) is 14.7 Å². The molecule has 4 rings (SSSR count). The van der Waals surface area contributed by atoms with Crippen LogP contribution >= 0.6 is 10.8 Å². The number of hydrogen-bond acceptors (Lipinski definition) is 7. The molecule has 1 aromatic carbocycles. The number of pyridine rings is 1. The molecule has 0 aliphatic carbocycles. The van der Waals surface area contributed by atoms with Crippen LogP contribution in [0.25, 0.3) is 10.9 Å². The summed E-state index contributed by atoms with van der Waals surface area (Å²) in [5.74, 6) is 0.388. The first-order valence-electron chi connectivity index (χ1n) is 9.97. The molecule has 1 aliphatic rings. The Labute approximate surface area is 181 Å². The molecule has 3 heterocycles. The summed E-state index contributed by atoms with van der Waals surface area (Å²) in [7, 11) is -3.05. The van der Waals surface area contributed by atoms with Crippen LogP contribution in [0, 0.1) is 11.3 Å². The highest BCUT2D eigenvalue weighted by atomic mass is 32.3. The molecule has 3 aromatic rings. The smallest absolute Gasteiger partial charge is 0.261 e. The molecule has 0 bridgehead atoms. The molecule has 9 nitrogen and oxygen atoms in total. The Hall–Kier alpha value is -2.84. The van der Waals surface area contributed by atoms with Crippen molar-refractivity contribution in [3.8, 4) is 6.07 Å². The standard InChI is InChI=1S/C21H26N6O3S/c1-13(7-9-22)27-16-8-10-23-20(28)18(16)19(25-27)24-15-5-6-17-14(11-15)12-26(21(2,3)4)31(17,29)30/h5-6,8,10-11,13,29-30H,7,12H2,1-4H3,(H,23,28)(H,24,25)/t13-/m1/s1. The Balaban J connectivity index is 1.74. The number of anilines is 2. The number of aromatic amines is 1. The number of H-pyrrole nitrogens is 1. The average Bonchev–Trinajstić information content (AvgIpc) is 3.18. The maximum Gasteiger partial charge on any atom is 0.261 e. The van der Waals surface area contributed by atoms with Crippen molar-refractivity contribution in [3.05, 3.63) is 46.4 Å². The molecule has 4 N–H and O–H groups in total. The van der Waals surface area contributed by atoms with Crippen LogP contribution < -0.4 is 10.9 Å². The topological polar surface area (TPSA) is 130 Å². The van der Waals surface area contributed by atoms with Crippen molar-refractivity contribution in [1.29, 1.82) is 5.26 Å². The normalized spacial score (nSPS) is 17.8. The Kier molecular flexibility index (Phi) is 5.10. The highest BCUT2D eigenvalue weighted by molar-refractivity contribution is 8.22. The monoisotopic (exact) mass is 442 g/mol. The largest absolute Gasteiger partial charge is 0.338 e. The van der Waals surface area contributed by atoms with E-state index in [2.05, 4.69) is 21.5 Å². The zero-order chi connectivity index (χ0) is 22.6. The van der Waals surface area contributed by atoms with Crippen molar-refractivity contribution in [1.82, 2.24) is 19.1 Å². The molecule has 10 heteroatoms.